The normalized spacial score (nSPS) is 14.0. The van der Waals surface area contributed by atoms with Gasteiger partial charge in [-0.2, -0.15) is 0 Å². The second-order valence-electron chi connectivity index (χ2n) is 4.72. The van der Waals surface area contributed by atoms with Gasteiger partial charge in [-0.3, -0.25) is 0 Å². The van der Waals surface area contributed by atoms with E-state index in [9.17, 15) is 0 Å². The molecule has 0 heterocycles. The molecule has 0 saturated carbocycles. The lowest BCUT2D eigenvalue weighted by Crippen LogP contribution is -2.03. The Morgan fingerprint density at radius 2 is 1.05 bits per heavy atom. The summed E-state index contributed by atoms with van der Waals surface area (Å²) in [5.74, 6) is 0. The number of halogens is 1. The van der Waals surface area contributed by atoms with Gasteiger partial charge in [0.2, 0.25) is 0 Å². The molecule has 0 aliphatic carbocycles. The summed E-state index contributed by atoms with van der Waals surface area (Å²) in [4.78, 5) is 0. The first kappa shape index (κ1) is 16.1. The van der Waals surface area contributed by atoms with Gasteiger partial charge in [0, 0.05) is 0 Å². The molecule has 0 nitrogen and oxygen atoms in total. The van der Waals surface area contributed by atoms with Gasteiger partial charge in [-0.05, 0) is 23.2 Å². The van der Waals surface area contributed by atoms with E-state index in [2.05, 4.69) is 84.9 Å². The Kier molecular flexibility index (Phi) is 6.00. The highest BCUT2D eigenvalue weighted by atomic mass is 35.7. The second-order valence-corrected chi connectivity index (χ2v) is 15.0. The Bertz CT molecular complexity index is 689. The number of benzene rings is 3. The Morgan fingerprint density at radius 1 is 0.591 bits per heavy atom. The summed E-state index contributed by atoms with van der Waals surface area (Å²) in [6.45, 7) is -0.690. The zero-order chi connectivity index (χ0) is 15.2. The topological polar surface area (TPSA) is 0 Å². The van der Waals surface area contributed by atoms with Crippen LogP contribution in [0.5, 0.6) is 0 Å². The fourth-order valence-electron chi connectivity index (χ4n) is 2.08. The van der Waals surface area contributed by atoms with Crippen LogP contribution in [-0.4, -0.2) is 0 Å². The Hall–Kier alpha value is -0.760. The molecule has 0 radical (unpaired) electrons. The first-order valence-electron chi connectivity index (χ1n) is 7.02. The van der Waals surface area contributed by atoms with Crippen molar-refractivity contribution in [3.8, 4) is 0 Å². The van der Waals surface area contributed by atoms with E-state index >= 15 is 0 Å². The Labute approximate surface area is 140 Å². The van der Waals surface area contributed by atoms with Crippen molar-refractivity contribution in [3.05, 3.63) is 91.0 Å². The highest BCUT2D eigenvalue weighted by Crippen LogP contribution is 2.79. The first-order chi connectivity index (χ1) is 10.8. The zero-order valence-corrected chi connectivity index (χ0v) is 15.5. The van der Waals surface area contributed by atoms with Crippen LogP contribution in [0.1, 0.15) is 0 Å². The van der Waals surface area contributed by atoms with Crippen molar-refractivity contribution in [3.63, 3.8) is 0 Å². The first-order valence-corrected chi connectivity index (χ1v) is 13.2. The largest absolute Gasteiger partial charge is 0.0853 e. The maximum Gasteiger partial charge on any atom is 0.0548 e. The molecule has 3 aromatic rings. The van der Waals surface area contributed by atoms with Crippen molar-refractivity contribution in [2.24, 2.45) is 0 Å². The van der Waals surface area contributed by atoms with Gasteiger partial charge in [0.05, 0.1) is 6.96 Å². The minimum absolute atomic E-state index is 0.412. The second kappa shape index (κ2) is 8.19. The van der Waals surface area contributed by atoms with E-state index < -0.39 is 14.3 Å². The summed E-state index contributed by atoms with van der Waals surface area (Å²) in [6, 6.07) is 32.0. The van der Waals surface area contributed by atoms with Gasteiger partial charge in [0.15, 0.2) is 0 Å². The molecule has 0 fully saturated rings. The molecule has 0 spiro atoms. The van der Waals surface area contributed by atoms with Crippen LogP contribution in [0, 0.1) is 0 Å². The molecule has 3 aromatic carbocycles. The van der Waals surface area contributed by atoms with E-state index in [1.165, 1.54) is 15.9 Å². The molecule has 22 heavy (non-hydrogen) atoms. The summed E-state index contributed by atoms with van der Waals surface area (Å²) in [7, 11) is 0.329. The molecule has 0 aromatic heterocycles. The molecule has 0 bridgehead atoms. The third-order valence-electron chi connectivity index (χ3n) is 3.15. The molecular weight excluding hydrogens is 345 g/mol. The van der Waals surface area contributed by atoms with Gasteiger partial charge in [0.25, 0.3) is 0 Å². The zero-order valence-electron chi connectivity index (χ0n) is 11.9. The SMILES string of the molecule is ClP(c1ccccc1)P(Pc1ccccc1)c1ccccc1. The fourth-order valence-corrected chi connectivity index (χ4v) is 13.6. The van der Waals surface area contributed by atoms with Crippen LogP contribution in [0.2, 0.25) is 0 Å². The van der Waals surface area contributed by atoms with Gasteiger partial charge in [-0.25, -0.2) is 0 Å². The number of rotatable bonds is 5. The summed E-state index contributed by atoms with van der Waals surface area (Å²) >= 11 is 6.96. The minimum atomic E-state index is -0.690. The van der Waals surface area contributed by atoms with Crippen molar-refractivity contribution in [1.82, 2.24) is 0 Å². The van der Waals surface area contributed by atoms with Gasteiger partial charge in [0.1, 0.15) is 0 Å². The van der Waals surface area contributed by atoms with E-state index in [1.54, 1.807) is 0 Å². The van der Waals surface area contributed by atoms with Gasteiger partial charge in [-0.15, -0.1) is 0 Å². The molecular formula is C18H16ClP3. The quantitative estimate of drug-likeness (QED) is 0.520. The highest BCUT2D eigenvalue weighted by molar-refractivity contribution is 8.67. The molecule has 4 heteroatoms. The lowest BCUT2D eigenvalue weighted by atomic mass is 10.4. The van der Waals surface area contributed by atoms with Crippen LogP contribution in [-0.2, 0) is 0 Å². The number of hydrogen-bond acceptors (Lipinski definition) is 0. The third-order valence-corrected chi connectivity index (χ3v) is 16.2. The maximum atomic E-state index is 6.96. The summed E-state index contributed by atoms with van der Waals surface area (Å²) in [5.41, 5.74) is 0. The van der Waals surface area contributed by atoms with E-state index in [4.69, 9.17) is 11.2 Å². The summed E-state index contributed by atoms with van der Waals surface area (Å²) in [5, 5.41) is 4.06. The lowest BCUT2D eigenvalue weighted by Gasteiger charge is -2.23. The van der Waals surface area contributed by atoms with Crippen LogP contribution in [0.3, 0.4) is 0 Å². The van der Waals surface area contributed by atoms with Gasteiger partial charge in [-0.1, -0.05) is 111 Å². The molecule has 0 N–H and O–H groups in total. The Balaban J connectivity index is 1.93. The molecule has 3 rings (SSSR count). The van der Waals surface area contributed by atoms with Crippen LogP contribution < -0.4 is 15.9 Å². The fraction of sp³-hybridized carbons (Fsp3) is 0. The van der Waals surface area contributed by atoms with Gasteiger partial charge >= 0.3 is 0 Å². The smallest absolute Gasteiger partial charge is 0.0548 e. The van der Waals surface area contributed by atoms with E-state index in [0.717, 1.165) is 8.27 Å². The predicted molar refractivity (Wildman–Crippen MR) is 106 cm³/mol. The molecule has 0 aliphatic heterocycles. The molecule has 0 amide bonds. The minimum Gasteiger partial charge on any atom is -0.0853 e. The predicted octanol–water partition coefficient (Wildman–Crippen LogP) is 5.59. The number of hydrogen-bond donors (Lipinski definition) is 0. The standard InChI is InChI=1S/C18H16ClP3/c19-21(17-12-6-2-7-13-17)22(18-14-8-3-9-15-18)20-16-10-4-1-5-11-16/h1-15,20H. The van der Waals surface area contributed by atoms with Gasteiger partial charge < -0.3 is 0 Å². The van der Waals surface area contributed by atoms with Crippen molar-refractivity contribution in [2.75, 3.05) is 0 Å². The van der Waals surface area contributed by atoms with Crippen LogP contribution in [0.4, 0.5) is 0 Å². The molecule has 3 unspecified atom stereocenters. The molecule has 3 atom stereocenters. The maximum absolute atomic E-state index is 6.96. The lowest BCUT2D eigenvalue weighted by molar-refractivity contribution is 1.77. The van der Waals surface area contributed by atoms with Crippen LogP contribution in [0.25, 0.3) is 0 Å². The Morgan fingerprint density at radius 3 is 1.59 bits per heavy atom. The van der Waals surface area contributed by atoms with E-state index in [1.807, 2.05) is 6.07 Å². The van der Waals surface area contributed by atoms with Crippen LogP contribution in [0.15, 0.2) is 91.0 Å². The van der Waals surface area contributed by atoms with Crippen molar-refractivity contribution in [2.45, 2.75) is 0 Å². The summed E-state index contributed by atoms with van der Waals surface area (Å²) < 4.78 is 0. The van der Waals surface area contributed by atoms with Crippen molar-refractivity contribution in [1.29, 1.82) is 0 Å². The average molecular weight is 361 g/mol. The monoisotopic (exact) mass is 360 g/mol. The summed E-state index contributed by atoms with van der Waals surface area (Å²) in [6.07, 6.45) is 0. The van der Waals surface area contributed by atoms with Crippen LogP contribution >= 0.6 is 33.8 Å². The van der Waals surface area contributed by atoms with E-state index in [0.29, 0.717) is 0 Å². The van der Waals surface area contributed by atoms with Crippen molar-refractivity contribution >= 4 is 49.7 Å². The highest BCUT2D eigenvalue weighted by Gasteiger charge is 2.23. The van der Waals surface area contributed by atoms with E-state index in [-0.39, 0.29) is 0 Å². The average Bonchev–Trinajstić information content (AvgIpc) is 2.61. The third kappa shape index (κ3) is 4.16. The van der Waals surface area contributed by atoms with Crippen molar-refractivity contribution < 1.29 is 0 Å². The molecule has 0 aliphatic rings. The molecule has 110 valence electrons. The molecule has 0 saturated heterocycles.